The number of carboxylic acids is 1. The van der Waals surface area contributed by atoms with Crippen LogP contribution in [0.25, 0.3) is 0 Å². The number of carbonyl (C=O) groups excluding carboxylic acids is 2. The van der Waals surface area contributed by atoms with Crippen molar-refractivity contribution in [3.05, 3.63) is 35.2 Å². The molecule has 1 aromatic rings. The Kier molecular flexibility index (Phi) is 4.67. The van der Waals surface area contributed by atoms with E-state index in [1.807, 2.05) is 31.0 Å². The molecule has 0 atom stereocenters. The fourth-order valence-corrected chi connectivity index (χ4v) is 2.14. The first-order valence-electron chi connectivity index (χ1n) is 6.75. The zero-order valence-corrected chi connectivity index (χ0v) is 12.4. The predicted octanol–water partition coefficient (Wildman–Crippen LogP) is -0.604. The number of aliphatic carboxylic acids is 1. The number of hydrogen-bond donors (Lipinski definition) is 2. The standard InChI is InChI=1S/C15H18N2O5/c1-9-7-10(17(2)5-6-18)3-4-11(9)16-14-13(15(20)21)12(19)8-22-14/h3-4,7,16,18H,5-6,8H2,1-2H3,(H,20,21)/p-1. The fourth-order valence-electron chi connectivity index (χ4n) is 2.14. The molecular formula is C15H17N2O5-. The van der Waals surface area contributed by atoms with E-state index in [0.717, 1.165) is 11.3 Å². The van der Waals surface area contributed by atoms with Gasteiger partial charge in [-0.25, -0.2) is 0 Å². The van der Waals surface area contributed by atoms with Crippen molar-refractivity contribution in [2.75, 3.05) is 37.0 Å². The van der Waals surface area contributed by atoms with E-state index in [4.69, 9.17) is 9.84 Å². The summed E-state index contributed by atoms with van der Waals surface area (Å²) in [6.45, 7) is 2.09. The van der Waals surface area contributed by atoms with Crippen molar-refractivity contribution in [3.63, 3.8) is 0 Å². The molecule has 1 aliphatic rings. The van der Waals surface area contributed by atoms with Gasteiger partial charge in [-0.15, -0.1) is 0 Å². The van der Waals surface area contributed by atoms with Crippen LogP contribution in [0.5, 0.6) is 0 Å². The summed E-state index contributed by atoms with van der Waals surface area (Å²) in [5.74, 6) is -2.26. The first-order valence-corrected chi connectivity index (χ1v) is 6.75. The summed E-state index contributed by atoms with van der Waals surface area (Å²) >= 11 is 0. The minimum atomic E-state index is -1.55. The number of Topliss-reactive ketones (excluding diaryl/α,β-unsaturated/α-hetero) is 1. The summed E-state index contributed by atoms with van der Waals surface area (Å²) in [5.41, 5.74) is 1.91. The number of aryl methyl sites for hydroxylation is 1. The molecule has 2 N–H and O–H groups in total. The van der Waals surface area contributed by atoms with Crippen molar-refractivity contribution < 1.29 is 24.5 Å². The lowest BCUT2D eigenvalue weighted by molar-refractivity contribution is -0.298. The number of aliphatic hydroxyl groups is 1. The molecule has 0 saturated carbocycles. The number of anilines is 2. The van der Waals surface area contributed by atoms with Crippen LogP contribution in [-0.2, 0) is 14.3 Å². The van der Waals surface area contributed by atoms with E-state index in [9.17, 15) is 14.7 Å². The summed E-state index contributed by atoms with van der Waals surface area (Å²) in [5, 5.41) is 22.7. The molecule has 7 heteroatoms. The highest BCUT2D eigenvalue weighted by Crippen LogP contribution is 2.25. The Morgan fingerprint density at radius 1 is 1.50 bits per heavy atom. The molecule has 0 bridgehead atoms. The Labute approximate surface area is 127 Å². The lowest BCUT2D eigenvalue weighted by Gasteiger charge is -2.20. The number of benzene rings is 1. The Hall–Kier alpha value is -2.54. The third-order valence-corrected chi connectivity index (χ3v) is 3.39. The topological polar surface area (TPSA) is 102 Å². The van der Waals surface area contributed by atoms with E-state index in [0.29, 0.717) is 12.2 Å². The fraction of sp³-hybridized carbons (Fsp3) is 0.333. The van der Waals surface area contributed by atoms with Gasteiger partial charge in [0, 0.05) is 25.0 Å². The average molecular weight is 305 g/mol. The van der Waals surface area contributed by atoms with Crippen molar-refractivity contribution >= 4 is 23.1 Å². The maximum atomic E-state index is 11.4. The Morgan fingerprint density at radius 2 is 2.23 bits per heavy atom. The van der Waals surface area contributed by atoms with Gasteiger partial charge in [0.25, 0.3) is 0 Å². The van der Waals surface area contributed by atoms with Gasteiger partial charge in [0.1, 0.15) is 5.57 Å². The molecule has 1 aromatic carbocycles. The summed E-state index contributed by atoms with van der Waals surface area (Å²) in [6.07, 6.45) is 0. The number of ketones is 1. The number of ether oxygens (including phenoxy) is 1. The highest BCUT2D eigenvalue weighted by molar-refractivity contribution is 6.18. The summed E-state index contributed by atoms with van der Waals surface area (Å²) in [4.78, 5) is 24.3. The van der Waals surface area contributed by atoms with Crippen LogP contribution in [0.15, 0.2) is 29.7 Å². The molecule has 0 fully saturated rings. The molecule has 7 nitrogen and oxygen atoms in total. The maximum absolute atomic E-state index is 11.4. The number of rotatable bonds is 6. The zero-order valence-electron chi connectivity index (χ0n) is 12.4. The molecule has 2 rings (SSSR count). The summed E-state index contributed by atoms with van der Waals surface area (Å²) in [7, 11) is 1.85. The molecule has 118 valence electrons. The lowest BCUT2D eigenvalue weighted by Crippen LogP contribution is -2.29. The van der Waals surface area contributed by atoms with Crippen LogP contribution in [0, 0.1) is 6.92 Å². The van der Waals surface area contributed by atoms with Crippen molar-refractivity contribution in [1.82, 2.24) is 0 Å². The monoisotopic (exact) mass is 305 g/mol. The van der Waals surface area contributed by atoms with E-state index in [-0.39, 0.29) is 19.1 Å². The SMILES string of the molecule is Cc1cc(N(C)CCO)ccc1NC1=C(C(=O)[O-])C(=O)CO1. The van der Waals surface area contributed by atoms with E-state index in [2.05, 4.69) is 5.32 Å². The third kappa shape index (κ3) is 3.20. The molecule has 0 aliphatic carbocycles. The van der Waals surface area contributed by atoms with Crippen molar-refractivity contribution in [3.8, 4) is 0 Å². The Balaban J connectivity index is 2.24. The summed E-state index contributed by atoms with van der Waals surface area (Å²) in [6, 6.07) is 5.46. The van der Waals surface area contributed by atoms with Gasteiger partial charge in [-0.3, -0.25) is 4.79 Å². The largest absolute Gasteiger partial charge is 0.544 e. The molecule has 0 saturated heterocycles. The van der Waals surface area contributed by atoms with Crippen LogP contribution >= 0.6 is 0 Å². The van der Waals surface area contributed by atoms with Crippen LogP contribution in [0.2, 0.25) is 0 Å². The molecule has 0 spiro atoms. The molecule has 22 heavy (non-hydrogen) atoms. The van der Waals surface area contributed by atoms with Gasteiger partial charge >= 0.3 is 0 Å². The van der Waals surface area contributed by atoms with E-state index < -0.39 is 17.3 Å². The zero-order chi connectivity index (χ0) is 16.3. The predicted molar refractivity (Wildman–Crippen MR) is 78.1 cm³/mol. The van der Waals surface area contributed by atoms with Gasteiger partial charge in [-0.05, 0) is 30.7 Å². The number of carbonyl (C=O) groups is 2. The van der Waals surface area contributed by atoms with Crippen LogP contribution in [0.1, 0.15) is 5.56 Å². The van der Waals surface area contributed by atoms with E-state index >= 15 is 0 Å². The number of likely N-dealkylation sites (N-methyl/N-ethyl adjacent to an activating group) is 1. The van der Waals surface area contributed by atoms with Gasteiger partial charge in [0.05, 0.1) is 12.6 Å². The van der Waals surface area contributed by atoms with Gasteiger partial charge in [0.15, 0.2) is 6.61 Å². The molecular weight excluding hydrogens is 288 g/mol. The number of nitrogens with zero attached hydrogens (tertiary/aromatic N) is 1. The van der Waals surface area contributed by atoms with E-state index in [1.165, 1.54) is 0 Å². The Morgan fingerprint density at radius 3 is 2.82 bits per heavy atom. The molecule has 0 amide bonds. The van der Waals surface area contributed by atoms with Gasteiger partial charge < -0.3 is 30.0 Å². The van der Waals surface area contributed by atoms with Crippen molar-refractivity contribution in [2.45, 2.75) is 6.92 Å². The maximum Gasteiger partial charge on any atom is 0.207 e. The van der Waals surface area contributed by atoms with E-state index in [1.54, 1.807) is 6.07 Å². The quantitative estimate of drug-likeness (QED) is 0.676. The minimum Gasteiger partial charge on any atom is -0.544 e. The minimum absolute atomic E-state index is 0.0490. The third-order valence-electron chi connectivity index (χ3n) is 3.39. The molecule has 0 aromatic heterocycles. The lowest BCUT2D eigenvalue weighted by atomic mass is 10.1. The van der Waals surface area contributed by atoms with Gasteiger partial charge in [-0.1, -0.05) is 0 Å². The summed E-state index contributed by atoms with van der Waals surface area (Å²) < 4.78 is 5.07. The second kappa shape index (κ2) is 6.48. The van der Waals surface area contributed by atoms with Crippen LogP contribution < -0.4 is 15.3 Å². The van der Waals surface area contributed by atoms with Gasteiger partial charge in [0.2, 0.25) is 11.7 Å². The van der Waals surface area contributed by atoms with Crippen LogP contribution in [0.3, 0.4) is 0 Å². The highest BCUT2D eigenvalue weighted by atomic mass is 16.5. The first-order chi connectivity index (χ1) is 10.4. The molecule has 0 unspecified atom stereocenters. The smallest absolute Gasteiger partial charge is 0.207 e. The number of hydrogen-bond acceptors (Lipinski definition) is 7. The molecule has 1 heterocycles. The number of aliphatic hydroxyl groups excluding tert-OH is 1. The highest BCUT2D eigenvalue weighted by Gasteiger charge is 2.26. The molecule has 0 radical (unpaired) electrons. The van der Waals surface area contributed by atoms with Crippen LogP contribution in [-0.4, -0.2) is 43.7 Å². The average Bonchev–Trinajstić information content (AvgIpc) is 2.82. The number of nitrogens with one attached hydrogen (secondary N) is 1. The van der Waals surface area contributed by atoms with Gasteiger partial charge in [-0.2, -0.15) is 0 Å². The normalized spacial score (nSPS) is 14.0. The second-order valence-corrected chi connectivity index (χ2v) is 4.97. The van der Waals surface area contributed by atoms with Crippen molar-refractivity contribution in [2.24, 2.45) is 0 Å². The second-order valence-electron chi connectivity index (χ2n) is 4.97. The molecule has 1 aliphatic heterocycles. The first kappa shape index (κ1) is 15.8. The van der Waals surface area contributed by atoms with Crippen molar-refractivity contribution in [1.29, 1.82) is 0 Å². The number of carboxylic acid groups (broad SMARTS) is 1. The van der Waals surface area contributed by atoms with Crippen LogP contribution in [0.4, 0.5) is 11.4 Å². The Bertz CT molecular complexity index is 639.